The molecule has 0 unspecified atom stereocenters. The first-order valence-electron chi connectivity index (χ1n) is 16.0. The van der Waals surface area contributed by atoms with Crippen molar-refractivity contribution in [2.45, 2.75) is 65.5 Å². The molecule has 0 spiro atoms. The molecular weight excluding hydrogens is 588 g/mol. The molecule has 0 bridgehead atoms. The molecule has 1 atom stereocenters. The molecule has 1 aliphatic heterocycles. The lowest BCUT2D eigenvalue weighted by Crippen LogP contribution is -2.47. The van der Waals surface area contributed by atoms with Gasteiger partial charge in [-0.3, -0.25) is 4.79 Å². The largest absolute Gasteiger partial charge is 0.462 e. The lowest BCUT2D eigenvalue weighted by molar-refractivity contribution is -0.149. The molecule has 1 saturated heterocycles. The fraction of sp³-hybridized carbons (Fsp3) is 0.543. The lowest BCUT2D eigenvalue weighted by Gasteiger charge is -2.29. The normalized spacial score (nSPS) is 14.5. The maximum absolute atomic E-state index is 12.6. The summed E-state index contributed by atoms with van der Waals surface area (Å²) in [7, 11) is 0. The Bertz CT molecular complexity index is 1390. The van der Waals surface area contributed by atoms with Crippen LogP contribution in [0.3, 0.4) is 0 Å². The van der Waals surface area contributed by atoms with Crippen LogP contribution in [0.2, 0.25) is 0 Å². The van der Waals surface area contributed by atoms with Crippen LogP contribution in [0.25, 0.3) is 16.8 Å². The van der Waals surface area contributed by atoms with Crippen molar-refractivity contribution < 1.29 is 33.3 Å². The zero-order valence-corrected chi connectivity index (χ0v) is 27.7. The Hall–Kier alpha value is -4.14. The molecule has 250 valence electrons. The van der Waals surface area contributed by atoms with Crippen LogP contribution in [0.4, 0.5) is 10.5 Å². The van der Waals surface area contributed by atoms with Crippen molar-refractivity contribution in [1.29, 1.82) is 5.26 Å². The van der Waals surface area contributed by atoms with Crippen molar-refractivity contribution in [1.82, 2.24) is 10.6 Å². The quantitative estimate of drug-likeness (QED) is 0.120. The van der Waals surface area contributed by atoms with Crippen LogP contribution < -0.4 is 15.5 Å². The molecule has 2 amide bonds. The van der Waals surface area contributed by atoms with Crippen molar-refractivity contribution in [3.8, 4) is 6.07 Å². The Morgan fingerprint density at radius 3 is 2.26 bits per heavy atom. The van der Waals surface area contributed by atoms with Crippen LogP contribution >= 0.6 is 0 Å². The summed E-state index contributed by atoms with van der Waals surface area (Å²) in [6, 6.07) is 13.5. The maximum Gasteiger partial charge on any atom is 0.408 e. The van der Waals surface area contributed by atoms with E-state index >= 15 is 0 Å². The average Bonchev–Trinajstić information content (AvgIpc) is 3.02. The molecule has 11 nitrogen and oxygen atoms in total. The smallest absolute Gasteiger partial charge is 0.408 e. The minimum absolute atomic E-state index is 0.0168. The van der Waals surface area contributed by atoms with Crippen molar-refractivity contribution >= 4 is 40.5 Å². The van der Waals surface area contributed by atoms with E-state index in [1.54, 1.807) is 40.7 Å². The highest BCUT2D eigenvalue weighted by molar-refractivity contribution is 6.02. The van der Waals surface area contributed by atoms with Gasteiger partial charge in [0.15, 0.2) is 0 Å². The molecule has 0 radical (unpaired) electrons. The van der Waals surface area contributed by atoms with Crippen LogP contribution in [0.15, 0.2) is 42.0 Å². The topological polar surface area (TPSA) is 139 Å². The Balaban J connectivity index is 1.31. The molecular formula is C35H48N4O7. The fourth-order valence-electron chi connectivity index (χ4n) is 4.88. The molecule has 0 aromatic heterocycles. The van der Waals surface area contributed by atoms with Crippen LogP contribution in [-0.2, 0) is 28.5 Å². The van der Waals surface area contributed by atoms with E-state index in [1.165, 1.54) is 24.9 Å². The Morgan fingerprint density at radius 1 is 0.935 bits per heavy atom. The SMILES string of the molecule is CC(C)[C@H](NC(=O)OC(C)(C)C)C(=O)OCCOCCOCCNC(=O)/C(C#N)=C/c1ccc2cc(N3CCCCC3)ccc2c1. The first-order chi connectivity index (χ1) is 22.0. The van der Waals surface area contributed by atoms with E-state index in [-0.39, 0.29) is 51.1 Å². The van der Waals surface area contributed by atoms with Crippen molar-refractivity contribution in [2.24, 2.45) is 5.92 Å². The molecule has 0 aliphatic carbocycles. The van der Waals surface area contributed by atoms with Gasteiger partial charge in [0.2, 0.25) is 0 Å². The zero-order valence-electron chi connectivity index (χ0n) is 27.7. The number of ether oxygens (including phenoxy) is 4. The molecule has 2 N–H and O–H groups in total. The maximum atomic E-state index is 12.6. The average molecular weight is 637 g/mol. The molecule has 2 aromatic carbocycles. The highest BCUT2D eigenvalue weighted by Gasteiger charge is 2.28. The second-order valence-electron chi connectivity index (χ2n) is 12.5. The number of piperidine rings is 1. The molecule has 3 rings (SSSR count). The van der Waals surface area contributed by atoms with Gasteiger partial charge in [0, 0.05) is 25.3 Å². The first-order valence-corrected chi connectivity index (χ1v) is 16.0. The predicted molar refractivity (Wildman–Crippen MR) is 177 cm³/mol. The van der Waals surface area contributed by atoms with Crippen molar-refractivity contribution in [3.63, 3.8) is 0 Å². The van der Waals surface area contributed by atoms with Crippen molar-refractivity contribution in [3.05, 3.63) is 47.5 Å². The highest BCUT2D eigenvalue weighted by atomic mass is 16.6. The summed E-state index contributed by atoms with van der Waals surface area (Å²) in [5, 5.41) is 17.0. The molecule has 11 heteroatoms. The summed E-state index contributed by atoms with van der Waals surface area (Å²) in [4.78, 5) is 39.4. The standard InChI is InChI=1S/C35H48N4O7/c1-25(2)31(38-34(42)46-35(3,4)5)33(41)45-20-19-44-18-17-43-16-13-37-32(40)29(24-36)22-26-9-10-28-23-30(12-11-27(28)21-26)39-14-7-6-8-15-39/h9-12,21-23,25,31H,6-8,13-20H2,1-5H3,(H,37,40)(H,38,42)/b29-22+/t31-/m0/s1. The minimum atomic E-state index is -0.838. The van der Waals surface area contributed by atoms with E-state index in [4.69, 9.17) is 18.9 Å². The number of fused-ring (bicyclic) bond motifs is 1. The second-order valence-corrected chi connectivity index (χ2v) is 12.5. The second kappa shape index (κ2) is 18.1. The third-order valence-electron chi connectivity index (χ3n) is 7.21. The lowest BCUT2D eigenvalue weighted by atomic mass is 10.0. The van der Waals surface area contributed by atoms with Crippen LogP contribution in [-0.4, -0.2) is 82.3 Å². The van der Waals surface area contributed by atoms with Crippen LogP contribution in [0.5, 0.6) is 0 Å². The molecule has 1 aliphatic rings. The minimum Gasteiger partial charge on any atom is -0.462 e. The monoisotopic (exact) mass is 636 g/mol. The zero-order chi connectivity index (χ0) is 33.5. The van der Waals surface area contributed by atoms with Crippen LogP contribution in [0.1, 0.15) is 59.4 Å². The van der Waals surface area contributed by atoms with Gasteiger partial charge in [0.25, 0.3) is 5.91 Å². The summed E-state index contributed by atoms with van der Waals surface area (Å²) < 4.78 is 21.4. The highest BCUT2D eigenvalue weighted by Crippen LogP contribution is 2.26. The van der Waals surface area contributed by atoms with E-state index in [9.17, 15) is 19.6 Å². The van der Waals surface area contributed by atoms with Gasteiger partial charge in [-0.25, -0.2) is 9.59 Å². The number of nitrogens with zero attached hydrogens (tertiary/aromatic N) is 2. The molecule has 1 fully saturated rings. The van der Waals surface area contributed by atoms with Crippen LogP contribution in [0, 0.1) is 17.2 Å². The Kier molecular flexibility index (Phi) is 14.3. The number of hydrogen-bond donors (Lipinski definition) is 2. The van der Waals surface area contributed by atoms with E-state index in [0.717, 1.165) is 29.4 Å². The predicted octanol–water partition coefficient (Wildman–Crippen LogP) is 4.98. The molecule has 46 heavy (non-hydrogen) atoms. The number of alkyl carbamates (subject to hydrolysis) is 1. The third kappa shape index (κ3) is 12.3. The van der Waals surface area contributed by atoms with Crippen molar-refractivity contribution in [2.75, 3.05) is 57.6 Å². The van der Waals surface area contributed by atoms with E-state index in [0.29, 0.717) is 0 Å². The molecule has 1 heterocycles. The van der Waals surface area contributed by atoms with E-state index in [2.05, 4.69) is 33.7 Å². The number of nitriles is 1. The van der Waals surface area contributed by atoms with Gasteiger partial charge in [0.1, 0.15) is 29.9 Å². The van der Waals surface area contributed by atoms with Gasteiger partial charge in [-0.1, -0.05) is 32.0 Å². The number of benzene rings is 2. The number of nitrogens with one attached hydrogen (secondary N) is 2. The summed E-state index contributed by atoms with van der Waals surface area (Å²) >= 11 is 0. The number of carbonyl (C=O) groups is 3. The van der Waals surface area contributed by atoms with Gasteiger partial charge in [-0.05, 0) is 86.6 Å². The number of esters is 1. The number of anilines is 1. The number of hydrogen-bond acceptors (Lipinski definition) is 9. The summed E-state index contributed by atoms with van der Waals surface area (Å²) in [6.45, 7) is 12.2. The van der Waals surface area contributed by atoms with Gasteiger partial charge in [0.05, 0.1) is 26.4 Å². The molecule has 0 saturated carbocycles. The summed E-state index contributed by atoms with van der Waals surface area (Å²) in [5.74, 6) is -1.22. The van der Waals surface area contributed by atoms with Gasteiger partial charge >= 0.3 is 12.1 Å². The van der Waals surface area contributed by atoms with E-state index < -0.39 is 29.6 Å². The summed E-state index contributed by atoms with van der Waals surface area (Å²) in [5.41, 5.74) is 1.35. The number of amides is 2. The third-order valence-corrected chi connectivity index (χ3v) is 7.21. The first kappa shape index (κ1) is 36.3. The number of carbonyl (C=O) groups excluding carboxylic acids is 3. The number of rotatable bonds is 15. The fourth-order valence-corrected chi connectivity index (χ4v) is 4.88. The molecule has 2 aromatic rings. The van der Waals surface area contributed by atoms with Gasteiger partial charge in [-0.15, -0.1) is 0 Å². The van der Waals surface area contributed by atoms with Gasteiger partial charge in [-0.2, -0.15) is 5.26 Å². The van der Waals surface area contributed by atoms with Gasteiger partial charge < -0.3 is 34.5 Å². The Labute approximate surface area is 272 Å². The Morgan fingerprint density at radius 2 is 1.59 bits per heavy atom. The van der Waals surface area contributed by atoms with E-state index in [1.807, 2.05) is 24.3 Å². The summed E-state index contributed by atoms with van der Waals surface area (Å²) in [6.07, 6.45) is 4.64.